The van der Waals surface area contributed by atoms with E-state index in [9.17, 15) is 5.11 Å². The standard InChI is InChI=1S/C15H21N3O/c1-11-6-5-7-13(8-11)9-17(3)15-14(10-19)12(2)16-18(15)4/h5-8,19H,9-10H2,1-4H3. The lowest BCUT2D eigenvalue weighted by molar-refractivity contribution is 0.281. The van der Waals surface area contributed by atoms with Crippen molar-refractivity contribution < 1.29 is 5.11 Å². The first kappa shape index (κ1) is 13.6. The molecule has 0 unspecified atom stereocenters. The molecule has 1 N–H and O–H groups in total. The van der Waals surface area contributed by atoms with Crippen molar-refractivity contribution in [3.05, 3.63) is 46.6 Å². The topological polar surface area (TPSA) is 41.3 Å². The van der Waals surface area contributed by atoms with Gasteiger partial charge in [0.25, 0.3) is 0 Å². The van der Waals surface area contributed by atoms with Crippen LogP contribution in [-0.2, 0) is 20.2 Å². The van der Waals surface area contributed by atoms with E-state index in [0.29, 0.717) is 0 Å². The van der Waals surface area contributed by atoms with Crippen molar-refractivity contribution >= 4 is 5.82 Å². The van der Waals surface area contributed by atoms with E-state index in [1.54, 1.807) is 0 Å². The van der Waals surface area contributed by atoms with Crippen molar-refractivity contribution in [1.29, 1.82) is 0 Å². The average Bonchev–Trinajstić information content (AvgIpc) is 2.63. The maximum atomic E-state index is 9.49. The van der Waals surface area contributed by atoms with E-state index in [4.69, 9.17) is 0 Å². The molecule has 0 atom stereocenters. The SMILES string of the molecule is Cc1cccc(CN(C)c2c(CO)c(C)nn2C)c1. The van der Waals surface area contributed by atoms with Crippen LogP contribution in [0, 0.1) is 13.8 Å². The molecule has 2 rings (SSSR count). The maximum absolute atomic E-state index is 9.49. The zero-order valence-electron chi connectivity index (χ0n) is 12.0. The highest BCUT2D eigenvalue weighted by atomic mass is 16.3. The molecule has 0 spiro atoms. The van der Waals surface area contributed by atoms with Gasteiger partial charge in [-0.1, -0.05) is 29.8 Å². The second kappa shape index (κ2) is 5.45. The molecular formula is C15H21N3O. The predicted molar refractivity (Wildman–Crippen MR) is 77.2 cm³/mol. The molecule has 0 aliphatic heterocycles. The molecule has 2 aromatic rings. The molecule has 0 aliphatic rings. The predicted octanol–water partition coefficient (Wildman–Crippen LogP) is 2.17. The van der Waals surface area contributed by atoms with Gasteiger partial charge in [0.05, 0.1) is 12.3 Å². The second-order valence-electron chi connectivity index (χ2n) is 5.01. The van der Waals surface area contributed by atoms with E-state index in [1.807, 2.05) is 25.7 Å². The van der Waals surface area contributed by atoms with Gasteiger partial charge in [-0.15, -0.1) is 0 Å². The maximum Gasteiger partial charge on any atom is 0.132 e. The molecule has 0 amide bonds. The van der Waals surface area contributed by atoms with Crippen molar-refractivity contribution in [3.63, 3.8) is 0 Å². The molecule has 19 heavy (non-hydrogen) atoms. The lowest BCUT2D eigenvalue weighted by atomic mass is 10.1. The Balaban J connectivity index is 2.27. The molecule has 4 heteroatoms. The van der Waals surface area contributed by atoms with Crippen LogP contribution >= 0.6 is 0 Å². The molecule has 0 saturated carbocycles. The van der Waals surface area contributed by atoms with Crippen molar-refractivity contribution in [2.45, 2.75) is 27.0 Å². The minimum atomic E-state index is 0.0210. The van der Waals surface area contributed by atoms with Gasteiger partial charge >= 0.3 is 0 Å². The smallest absolute Gasteiger partial charge is 0.132 e. The first-order chi connectivity index (χ1) is 9.02. The number of hydrogen-bond acceptors (Lipinski definition) is 3. The summed E-state index contributed by atoms with van der Waals surface area (Å²) in [7, 11) is 3.94. The van der Waals surface area contributed by atoms with Crippen LogP contribution in [0.2, 0.25) is 0 Å². The fourth-order valence-corrected chi connectivity index (χ4v) is 2.51. The first-order valence-electron chi connectivity index (χ1n) is 6.43. The number of aliphatic hydroxyl groups excluding tert-OH is 1. The molecule has 1 aromatic carbocycles. The number of aromatic nitrogens is 2. The van der Waals surface area contributed by atoms with Gasteiger partial charge in [0.15, 0.2) is 0 Å². The lowest BCUT2D eigenvalue weighted by Crippen LogP contribution is -2.20. The Morgan fingerprint density at radius 3 is 2.68 bits per heavy atom. The van der Waals surface area contributed by atoms with Crippen LogP contribution in [0.4, 0.5) is 5.82 Å². The number of aryl methyl sites for hydroxylation is 3. The molecule has 1 aromatic heterocycles. The number of rotatable bonds is 4. The molecule has 0 aliphatic carbocycles. The van der Waals surface area contributed by atoms with Crippen LogP contribution in [0.15, 0.2) is 24.3 Å². The van der Waals surface area contributed by atoms with Gasteiger partial charge in [0.1, 0.15) is 5.82 Å². The normalized spacial score (nSPS) is 10.8. The van der Waals surface area contributed by atoms with E-state index in [-0.39, 0.29) is 6.61 Å². The summed E-state index contributed by atoms with van der Waals surface area (Å²) < 4.78 is 1.83. The van der Waals surface area contributed by atoms with Gasteiger partial charge < -0.3 is 10.0 Å². The third-order valence-electron chi connectivity index (χ3n) is 3.34. The zero-order valence-corrected chi connectivity index (χ0v) is 12.0. The summed E-state index contributed by atoms with van der Waals surface area (Å²) in [5, 5.41) is 13.9. The van der Waals surface area contributed by atoms with E-state index >= 15 is 0 Å². The molecule has 0 bridgehead atoms. The highest BCUT2D eigenvalue weighted by Gasteiger charge is 2.16. The number of nitrogens with zero attached hydrogens (tertiary/aromatic N) is 3. The van der Waals surface area contributed by atoms with Crippen LogP contribution in [0.25, 0.3) is 0 Å². The van der Waals surface area contributed by atoms with E-state index in [2.05, 4.69) is 41.2 Å². The summed E-state index contributed by atoms with van der Waals surface area (Å²) in [4.78, 5) is 2.13. The molecule has 0 radical (unpaired) electrons. The molecule has 0 saturated heterocycles. The summed E-state index contributed by atoms with van der Waals surface area (Å²) in [6.45, 7) is 4.84. The third-order valence-corrected chi connectivity index (χ3v) is 3.34. The fourth-order valence-electron chi connectivity index (χ4n) is 2.51. The quantitative estimate of drug-likeness (QED) is 0.915. The van der Waals surface area contributed by atoms with E-state index < -0.39 is 0 Å². The van der Waals surface area contributed by atoms with Crippen molar-refractivity contribution in [3.8, 4) is 0 Å². The summed E-state index contributed by atoms with van der Waals surface area (Å²) in [5.74, 6) is 0.974. The zero-order chi connectivity index (χ0) is 14.0. The van der Waals surface area contributed by atoms with Crippen LogP contribution < -0.4 is 4.90 Å². The van der Waals surface area contributed by atoms with Gasteiger partial charge in [-0.2, -0.15) is 5.10 Å². The Kier molecular flexibility index (Phi) is 3.90. The van der Waals surface area contributed by atoms with E-state index in [0.717, 1.165) is 23.6 Å². The van der Waals surface area contributed by atoms with Crippen molar-refractivity contribution in [1.82, 2.24) is 9.78 Å². The third kappa shape index (κ3) is 2.79. The summed E-state index contributed by atoms with van der Waals surface area (Å²) in [5.41, 5.74) is 4.30. The Labute approximate surface area is 114 Å². The van der Waals surface area contributed by atoms with Gasteiger partial charge in [-0.25, -0.2) is 0 Å². The van der Waals surface area contributed by atoms with Crippen molar-refractivity contribution in [2.75, 3.05) is 11.9 Å². The molecule has 102 valence electrons. The summed E-state index contributed by atoms with van der Waals surface area (Å²) in [6, 6.07) is 8.46. The lowest BCUT2D eigenvalue weighted by Gasteiger charge is -2.21. The van der Waals surface area contributed by atoms with Crippen LogP contribution in [0.1, 0.15) is 22.4 Å². The van der Waals surface area contributed by atoms with Crippen LogP contribution in [0.3, 0.4) is 0 Å². The van der Waals surface area contributed by atoms with Gasteiger partial charge in [0, 0.05) is 26.2 Å². The summed E-state index contributed by atoms with van der Waals surface area (Å²) in [6.07, 6.45) is 0. The fraction of sp³-hybridized carbons (Fsp3) is 0.400. The molecular weight excluding hydrogens is 238 g/mol. The second-order valence-corrected chi connectivity index (χ2v) is 5.01. The monoisotopic (exact) mass is 259 g/mol. The number of aliphatic hydroxyl groups is 1. The largest absolute Gasteiger partial charge is 0.391 e. The number of anilines is 1. The van der Waals surface area contributed by atoms with Gasteiger partial charge in [-0.05, 0) is 19.4 Å². The molecule has 0 fully saturated rings. The van der Waals surface area contributed by atoms with Crippen molar-refractivity contribution in [2.24, 2.45) is 7.05 Å². The van der Waals surface area contributed by atoms with Gasteiger partial charge in [0.2, 0.25) is 0 Å². The Hall–Kier alpha value is -1.81. The summed E-state index contributed by atoms with van der Waals surface area (Å²) >= 11 is 0. The van der Waals surface area contributed by atoms with Gasteiger partial charge in [-0.3, -0.25) is 4.68 Å². The Bertz CT molecular complexity index is 575. The highest BCUT2D eigenvalue weighted by molar-refractivity contribution is 5.49. The molecule has 1 heterocycles. The highest BCUT2D eigenvalue weighted by Crippen LogP contribution is 2.23. The molecule has 4 nitrogen and oxygen atoms in total. The van der Waals surface area contributed by atoms with E-state index in [1.165, 1.54) is 11.1 Å². The minimum absolute atomic E-state index is 0.0210. The minimum Gasteiger partial charge on any atom is -0.391 e. The average molecular weight is 259 g/mol. The first-order valence-corrected chi connectivity index (χ1v) is 6.43. The Morgan fingerprint density at radius 1 is 1.32 bits per heavy atom. The van der Waals surface area contributed by atoms with Crippen LogP contribution in [0.5, 0.6) is 0 Å². The number of hydrogen-bond donors (Lipinski definition) is 1. The number of benzene rings is 1. The van der Waals surface area contributed by atoms with Crippen LogP contribution in [-0.4, -0.2) is 21.9 Å². The Morgan fingerprint density at radius 2 is 2.05 bits per heavy atom.